The van der Waals surface area contributed by atoms with E-state index in [1.807, 2.05) is 9.47 Å². The molecule has 9 heteroatoms. The average Bonchev–Trinajstić information content (AvgIpc) is 3.08. The van der Waals surface area contributed by atoms with E-state index in [9.17, 15) is 13.2 Å². The lowest BCUT2D eigenvalue weighted by molar-refractivity contribution is -0.128. The number of carbonyl (C=O) groups excluding carboxylic acids is 1. The fraction of sp³-hybridized carbons (Fsp3) is 0.692. The molecule has 0 bridgehead atoms. The van der Waals surface area contributed by atoms with Crippen LogP contribution < -0.4 is 0 Å². The van der Waals surface area contributed by atoms with Crippen molar-refractivity contribution in [1.82, 2.24) is 23.1 Å². The minimum Gasteiger partial charge on any atom is -0.341 e. The quantitative estimate of drug-likeness (QED) is 0.758. The van der Waals surface area contributed by atoms with E-state index >= 15 is 0 Å². The zero-order valence-corrected chi connectivity index (χ0v) is 13.7. The summed E-state index contributed by atoms with van der Waals surface area (Å²) in [5.41, 5.74) is 0.855. The van der Waals surface area contributed by atoms with Gasteiger partial charge in [-0.25, -0.2) is 4.98 Å². The minimum absolute atomic E-state index is 0.0944. The van der Waals surface area contributed by atoms with Crippen molar-refractivity contribution in [1.29, 1.82) is 0 Å². The monoisotopic (exact) mass is 327 g/mol. The smallest absolute Gasteiger partial charge is 0.281 e. The van der Waals surface area contributed by atoms with Gasteiger partial charge >= 0.3 is 0 Å². The Labute approximate surface area is 130 Å². The summed E-state index contributed by atoms with van der Waals surface area (Å²) in [4.78, 5) is 17.8. The van der Waals surface area contributed by atoms with Gasteiger partial charge in [0, 0.05) is 46.3 Å². The lowest BCUT2D eigenvalue weighted by atomic mass is 10.2. The number of likely N-dealkylation sites (tertiary alicyclic amines) is 1. The van der Waals surface area contributed by atoms with Crippen LogP contribution >= 0.6 is 0 Å². The zero-order chi connectivity index (χ0) is 15.9. The number of aromatic nitrogens is 2. The Bertz CT molecular complexity index is 669. The second kappa shape index (κ2) is 5.64. The van der Waals surface area contributed by atoms with Crippen LogP contribution in [0.15, 0.2) is 12.5 Å². The second-order valence-electron chi connectivity index (χ2n) is 5.97. The summed E-state index contributed by atoms with van der Waals surface area (Å²) in [6.07, 6.45) is 4.88. The van der Waals surface area contributed by atoms with Crippen molar-refractivity contribution in [2.75, 3.05) is 33.7 Å². The van der Waals surface area contributed by atoms with Gasteiger partial charge in [-0.05, 0) is 6.42 Å². The molecular weight excluding hydrogens is 306 g/mol. The molecule has 1 aromatic heterocycles. The molecule has 1 saturated heterocycles. The predicted molar refractivity (Wildman–Crippen MR) is 80.1 cm³/mol. The van der Waals surface area contributed by atoms with E-state index in [2.05, 4.69) is 4.98 Å². The van der Waals surface area contributed by atoms with Gasteiger partial charge in [-0.2, -0.15) is 17.0 Å². The largest absolute Gasteiger partial charge is 0.341 e. The molecular formula is C13H21N5O3S. The van der Waals surface area contributed by atoms with Crippen molar-refractivity contribution < 1.29 is 13.2 Å². The third-order valence-corrected chi connectivity index (χ3v) is 6.14. The number of nitrogens with zero attached hydrogens (tertiary/aromatic N) is 5. The summed E-state index contributed by atoms with van der Waals surface area (Å²) in [5, 5.41) is 0. The van der Waals surface area contributed by atoms with E-state index in [4.69, 9.17) is 0 Å². The number of hydrogen-bond donors (Lipinski definition) is 0. The molecule has 0 saturated carbocycles. The highest BCUT2D eigenvalue weighted by Gasteiger charge is 2.35. The van der Waals surface area contributed by atoms with Gasteiger partial charge in [-0.15, -0.1) is 0 Å². The van der Waals surface area contributed by atoms with Crippen LogP contribution in [0.3, 0.4) is 0 Å². The number of fused-ring (bicyclic) bond motifs is 1. The molecule has 0 N–H and O–H groups in total. The Kier molecular flexibility index (Phi) is 3.96. The normalized spacial score (nSPS) is 23.3. The zero-order valence-electron chi connectivity index (χ0n) is 12.8. The van der Waals surface area contributed by atoms with E-state index in [1.165, 1.54) is 22.7 Å². The van der Waals surface area contributed by atoms with Crippen LogP contribution in [-0.4, -0.2) is 71.1 Å². The second-order valence-corrected chi connectivity index (χ2v) is 8.11. The van der Waals surface area contributed by atoms with E-state index in [-0.39, 0.29) is 11.9 Å². The van der Waals surface area contributed by atoms with Crippen molar-refractivity contribution in [3.05, 3.63) is 18.2 Å². The lowest BCUT2D eigenvalue weighted by Gasteiger charge is -2.36. The van der Waals surface area contributed by atoms with Gasteiger partial charge in [0.1, 0.15) is 0 Å². The number of rotatable bonds is 4. The van der Waals surface area contributed by atoms with E-state index in [0.29, 0.717) is 26.1 Å². The first-order valence-electron chi connectivity index (χ1n) is 7.35. The maximum atomic E-state index is 12.4. The summed E-state index contributed by atoms with van der Waals surface area (Å²) in [6, 6.07) is -0.0944. The third-order valence-electron chi connectivity index (χ3n) is 4.28. The van der Waals surface area contributed by atoms with E-state index in [1.54, 1.807) is 12.5 Å². The van der Waals surface area contributed by atoms with Crippen LogP contribution in [0, 0.1) is 0 Å². The molecule has 1 fully saturated rings. The van der Waals surface area contributed by atoms with Gasteiger partial charge in [-0.1, -0.05) is 0 Å². The number of amides is 1. The Hall–Kier alpha value is -1.45. The summed E-state index contributed by atoms with van der Waals surface area (Å²) in [7, 11) is -0.422. The van der Waals surface area contributed by atoms with Crippen molar-refractivity contribution in [2.45, 2.75) is 25.4 Å². The molecule has 22 heavy (non-hydrogen) atoms. The molecule has 1 aromatic rings. The van der Waals surface area contributed by atoms with E-state index in [0.717, 1.165) is 18.7 Å². The van der Waals surface area contributed by atoms with Crippen molar-refractivity contribution in [3.8, 4) is 0 Å². The molecule has 3 heterocycles. The molecule has 122 valence electrons. The van der Waals surface area contributed by atoms with Crippen molar-refractivity contribution >= 4 is 16.1 Å². The van der Waals surface area contributed by atoms with Gasteiger partial charge in [-0.3, -0.25) is 4.79 Å². The standard InChI is InChI=1S/C13H21N5O3S/c1-15(2)22(20,21)17-8-11-6-14-10-18(11)12(9-17)7-16-5-3-4-13(16)19/h6,10,12H,3-5,7-9H2,1-2H3/t12-/m0/s1. The molecule has 0 aliphatic carbocycles. The topological polar surface area (TPSA) is 78.8 Å². The Balaban J connectivity index is 1.85. The molecule has 3 rings (SSSR count). The van der Waals surface area contributed by atoms with Crippen LogP contribution in [0.4, 0.5) is 0 Å². The molecule has 2 aliphatic heterocycles. The first-order valence-corrected chi connectivity index (χ1v) is 8.75. The molecule has 0 aromatic carbocycles. The molecule has 8 nitrogen and oxygen atoms in total. The number of hydrogen-bond acceptors (Lipinski definition) is 4. The highest BCUT2D eigenvalue weighted by molar-refractivity contribution is 7.86. The summed E-state index contributed by atoms with van der Waals surface area (Å²) >= 11 is 0. The van der Waals surface area contributed by atoms with Gasteiger partial charge in [0.05, 0.1) is 24.6 Å². The lowest BCUT2D eigenvalue weighted by Crippen LogP contribution is -2.48. The SMILES string of the molecule is CN(C)S(=O)(=O)N1Cc2cncn2[C@@H](CN2CCCC2=O)C1. The van der Waals surface area contributed by atoms with Crippen molar-refractivity contribution in [3.63, 3.8) is 0 Å². The van der Waals surface area contributed by atoms with Gasteiger partial charge in [0.25, 0.3) is 10.2 Å². The molecule has 0 radical (unpaired) electrons. The summed E-state index contributed by atoms with van der Waals surface area (Å²) < 4.78 is 29.5. The number of imidazole rings is 1. The highest BCUT2D eigenvalue weighted by Crippen LogP contribution is 2.26. The Morgan fingerprint density at radius 2 is 2.18 bits per heavy atom. The van der Waals surface area contributed by atoms with Crippen LogP contribution in [0.2, 0.25) is 0 Å². The van der Waals surface area contributed by atoms with Crippen molar-refractivity contribution in [2.24, 2.45) is 0 Å². The fourth-order valence-corrected chi connectivity index (χ4v) is 4.17. The number of carbonyl (C=O) groups is 1. The van der Waals surface area contributed by atoms with Crippen LogP contribution in [0.5, 0.6) is 0 Å². The van der Waals surface area contributed by atoms with Gasteiger partial charge < -0.3 is 9.47 Å². The Morgan fingerprint density at radius 3 is 2.82 bits per heavy atom. The van der Waals surface area contributed by atoms with Crippen LogP contribution in [0.1, 0.15) is 24.6 Å². The molecule has 2 aliphatic rings. The fourth-order valence-electron chi connectivity index (χ4n) is 3.06. The van der Waals surface area contributed by atoms with E-state index < -0.39 is 10.2 Å². The third kappa shape index (κ3) is 2.64. The average molecular weight is 327 g/mol. The Morgan fingerprint density at radius 1 is 1.41 bits per heavy atom. The molecule has 0 spiro atoms. The van der Waals surface area contributed by atoms with Crippen LogP contribution in [-0.2, 0) is 21.5 Å². The summed E-state index contributed by atoms with van der Waals surface area (Å²) in [5.74, 6) is 0.147. The highest BCUT2D eigenvalue weighted by atomic mass is 32.2. The first kappa shape index (κ1) is 15.4. The predicted octanol–water partition coefficient (Wildman–Crippen LogP) is -0.331. The summed E-state index contributed by atoms with van der Waals surface area (Å²) in [6.45, 7) is 1.94. The minimum atomic E-state index is -3.48. The molecule has 1 atom stereocenters. The molecule has 0 unspecified atom stereocenters. The van der Waals surface area contributed by atoms with Gasteiger partial charge in [0.15, 0.2) is 0 Å². The van der Waals surface area contributed by atoms with Gasteiger partial charge in [0.2, 0.25) is 5.91 Å². The maximum Gasteiger partial charge on any atom is 0.281 e. The van der Waals surface area contributed by atoms with Crippen LogP contribution in [0.25, 0.3) is 0 Å². The first-order chi connectivity index (χ1) is 10.4. The molecule has 1 amide bonds. The maximum absolute atomic E-state index is 12.4.